The van der Waals surface area contributed by atoms with Gasteiger partial charge in [0.2, 0.25) is 65.0 Å². The minimum absolute atomic E-state index is 0. The van der Waals surface area contributed by atoms with Gasteiger partial charge in [0, 0.05) is 44.2 Å². The van der Waals surface area contributed by atoms with Crippen molar-refractivity contribution < 1.29 is 276 Å². The van der Waals surface area contributed by atoms with E-state index in [4.69, 9.17) is 93.5 Å². The van der Waals surface area contributed by atoms with Gasteiger partial charge in [0.1, 0.15) is 60.4 Å². The molecule has 0 aromatic rings. The first-order valence-corrected chi connectivity index (χ1v) is 42.5. The van der Waals surface area contributed by atoms with Crippen LogP contribution in [0.5, 0.6) is 0 Å². The van der Waals surface area contributed by atoms with Crippen molar-refractivity contribution in [2.24, 2.45) is 46.4 Å². The number of nitrogens with one attached hydrogen (secondary N) is 11. The van der Waals surface area contributed by atoms with Gasteiger partial charge in [-0.2, -0.15) is 0 Å². The van der Waals surface area contributed by atoms with Crippen molar-refractivity contribution in [1.82, 2.24) is 58.5 Å². The molecule has 0 spiro atoms. The molecular formula is C58H115N16Na5O28S5. The first-order chi connectivity index (χ1) is 48.7. The molecule has 0 aromatic heterocycles. The topological polar surface area (TPSA) is 777 Å². The Labute approximate surface area is 769 Å². The van der Waals surface area contributed by atoms with Crippen molar-refractivity contribution in [3.05, 3.63) is 0 Å². The third-order valence-electron chi connectivity index (χ3n) is 13.7. The van der Waals surface area contributed by atoms with E-state index in [1.54, 1.807) is 27.7 Å². The fraction of sp³-hybridized carbons (Fsp3) is 0.810. The van der Waals surface area contributed by atoms with Gasteiger partial charge >= 0.3 is 148 Å². The van der Waals surface area contributed by atoms with Crippen molar-refractivity contribution in [3.63, 3.8) is 0 Å². The van der Waals surface area contributed by atoms with Gasteiger partial charge in [-0.15, -0.1) is 0 Å². The van der Waals surface area contributed by atoms with E-state index in [1.165, 1.54) is 13.8 Å². The molecule has 1 saturated heterocycles. The largest absolute Gasteiger partial charge is 1.00 e. The minimum Gasteiger partial charge on any atom is -0.748 e. The summed E-state index contributed by atoms with van der Waals surface area (Å²) in [6, 6.07) is -14.5. The van der Waals surface area contributed by atoms with Crippen molar-refractivity contribution in [3.8, 4) is 0 Å². The smallest absolute Gasteiger partial charge is 0.748 e. The second kappa shape index (κ2) is 69.1. The maximum absolute atomic E-state index is 14.4. The predicted octanol–water partition coefficient (Wildman–Crippen LogP) is -24.6. The molecule has 0 aliphatic carbocycles. The van der Waals surface area contributed by atoms with Crippen molar-refractivity contribution >= 4 is 116 Å². The second-order valence-corrected chi connectivity index (χ2v) is 32.5. The van der Waals surface area contributed by atoms with Gasteiger partial charge < -0.3 is 120 Å². The summed E-state index contributed by atoms with van der Waals surface area (Å²) < 4.78 is 136. The van der Waals surface area contributed by atoms with Gasteiger partial charge in [-0.05, 0) is 122 Å². The van der Waals surface area contributed by atoms with E-state index in [2.05, 4.69) is 72.3 Å². The third-order valence-corrected chi connectivity index (χ3v) is 13.7. The van der Waals surface area contributed by atoms with Crippen LogP contribution in [0.1, 0.15) is 139 Å². The van der Waals surface area contributed by atoms with Crippen LogP contribution < -0.4 is 235 Å². The number of amides is 11. The Morgan fingerprint density at radius 3 is 1.08 bits per heavy atom. The summed E-state index contributed by atoms with van der Waals surface area (Å²) in [4.78, 5) is 153. The van der Waals surface area contributed by atoms with Gasteiger partial charge in [-0.3, -0.25) is 52.7 Å². The van der Waals surface area contributed by atoms with E-state index in [0.29, 0.717) is 43.6 Å². The molecule has 2 unspecified atom stereocenters. The van der Waals surface area contributed by atoms with Crippen LogP contribution in [0.15, 0.2) is 0 Å². The number of carbonyl (C=O) groups excluding carboxylic acids is 11. The van der Waals surface area contributed by atoms with Crippen LogP contribution in [0.3, 0.4) is 0 Å². The number of unbranched alkanes of at least 4 members (excludes halogenated alkanes) is 1. The maximum Gasteiger partial charge on any atom is 1.00 e. The fourth-order valence-corrected chi connectivity index (χ4v) is 8.76. The maximum atomic E-state index is 14.4. The number of rotatable bonds is 29. The minimum atomic E-state index is -3.92. The Morgan fingerprint density at radius 2 is 0.768 bits per heavy atom. The molecule has 1 fully saturated rings. The quantitative estimate of drug-likeness (QED) is 0.0188. The van der Waals surface area contributed by atoms with Crippen LogP contribution >= 0.6 is 0 Å². The molecule has 0 aromatic carbocycles. The molecular weight excluding hydrogens is 1640 g/mol. The number of aliphatic hydroxyl groups is 2. The molecule has 0 saturated carbocycles. The summed E-state index contributed by atoms with van der Waals surface area (Å²) in [7, 11) is -19.6. The van der Waals surface area contributed by atoms with Crippen LogP contribution in [-0.2, 0) is 103 Å². The predicted molar refractivity (Wildman–Crippen MR) is 384 cm³/mol. The summed E-state index contributed by atoms with van der Waals surface area (Å²) >= 11 is 0. The number of hydrogen-bond donors (Lipinski definition) is 18. The zero-order valence-corrected chi connectivity index (χ0v) is 81.6. The number of aliphatic hydroxyl groups excluding tert-OH is 2. The number of nitrogens with two attached hydrogens (primary N) is 5. The van der Waals surface area contributed by atoms with Crippen LogP contribution in [0.25, 0.3) is 0 Å². The Bertz CT molecular complexity index is 3150. The molecule has 1 aliphatic heterocycles. The molecule has 44 nitrogen and oxygen atoms in total. The Morgan fingerprint density at radius 1 is 0.446 bits per heavy atom. The molecule has 630 valence electrons. The van der Waals surface area contributed by atoms with E-state index >= 15 is 0 Å². The van der Waals surface area contributed by atoms with E-state index in [-0.39, 0.29) is 244 Å². The molecule has 0 radical (unpaired) electrons. The summed E-state index contributed by atoms with van der Waals surface area (Å²) in [6.45, 7) is 12.6. The average Bonchev–Trinajstić information content (AvgIpc) is 0.967. The molecule has 13 atom stereocenters. The molecule has 23 N–H and O–H groups in total. The van der Waals surface area contributed by atoms with Crippen molar-refractivity contribution in [2.75, 3.05) is 70.5 Å². The zero-order chi connectivity index (χ0) is 84.7. The summed E-state index contributed by atoms with van der Waals surface area (Å²) in [6.07, 6.45) is 2.26. The van der Waals surface area contributed by atoms with Gasteiger partial charge in [0.15, 0.2) is 0 Å². The second-order valence-electron chi connectivity index (χ2n) is 25.5. The molecule has 1 aliphatic rings. The van der Waals surface area contributed by atoms with Gasteiger partial charge in [-0.25, -0.2) is 42.1 Å². The Hall–Kier alpha value is -1.56. The first kappa shape index (κ1) is 131. The van der Waals surface area contributed by atoms with E-state index in [1.807, 2.05) is 0 Å². The standard InChI is InChI=1S/C53H100N16O13.5CH4O3S.5Na/c1-9-30(6)12-10-11-13-41(72)60-33(14-20-54)48(77)69-43(32(8)71)53(82)65-36(17-23-57)45(74)64-38-19-25-59-52(81)42(31(7)70)68-49(78)37(18-24-58)62-44(73)34(15-21-55)63-50(79)39(26-28(2)3)67-51(80)40(27-29(4)5)66-46(75)35(16-22-56)61-47(38)76;5*1-5(2,3)4;;;;;/h28-40,42-43,70-71H,9-27,54-58H2,1-8H3,(H,59,81)(H,60,72)(H,61,76)(H,62,73)(H,63,79)(H,64,74)(H,65,82)(H,66,75)(H,67,80)(H,68,78)(H,69,77);5*1H3,(H,2,3,4);;;;;/q;;;;;;5*+1/p-5/t30?,31-,32-,33+,34+,35+,36+,37+,38+,39+,40-,42?,43+;;;;;;;;;;/m1........../s1. The summed E-state index contributed by atoms with van der Waals surface area (Å²) in [5, 5.41) is 49.5. The molecule has 54 heteroatoms. The van der Waals surface area contributed by atoms with Gasteiger partial charge in [-0.1, -0.05) is 60.8 Å². The van der Waals surface area contributed by atoms with Crippen LogP contribution in [0.4, 0.5) is 0 Å². The van der Waals surface area contributed by atoms with Crippen molar-refractivity contribution in [2.45, 2.75) is 211 Å². The van der Waals surface area contributed by atoms with E-state index in [9.17, 15) is 63.0 Å². The zero-order valence-electron chi connectivity index (χ0n) is 67.5. The van der Waals surface area contributed by atoms with E-state index in [0.717, 1.165) is 19.3 Å². The average molecular weight is 1760 g/mol. The van der Waals surface area contributed by atoms with E-state index < -0.39 is 201 Å². The van der Waals surface area contributed by atoms with Crippen LogP contribution in [0, 0.1) is 17.8 Å². The summed E-state index contributed by atoms with van der Waals surface area (Å²) in [5.41, 5.74) is 29.2. The molecule has 11 amide bonds. The summed E-state index contributed by atoms with van der Waals surface area (Å²) in [5.74, 6) is -9.49. The Kier molecular flexibility index (Phi) is 80.9. The monoisotopic (exact) mass is 1760 g/mol. The van der Waals surface area contributed by atoms with Crippen LogP contribution in [-0.4, -0.2) is 283 Å². The number of hydrogen-bond acceptors (Lipinski definition) is 33. The van der Waals surface area contributed by atoms with Crippen molar-refractivity contribution in [1.29, 1.82) is 0 Å². The van der Waals surface area contributed by atoms with Crippen LogP contribution in [0.2, 0.25) is 0 Å². The molecule has 1 heterocycles. The molecule has 0 bridgehead atoms. The molecule has 112 heavy (non-hydrogen) atoms. The Balaban J connectivity index is -0.000000372. The SMILES string of the molecule is CCC(C)CCCCC(=O)N[C@@H](CCN)C(=O)N[C@H](C(=O)N[C@@H](CCN)C(=O)N[C@H]1CCNC(=O)C([C@@H](C)O)NC(=O)[C@H](CCN)NC(=O)[C@H](CCN)NC(=O)[C@H](CC(C)C)NC(=O)[C@@H](CC(C)C)NC(=O)[C@H](CCN)NC1=O)[C@@H](C)O.CS(=O)(=O)[O-].CS(=O)(=O)[O-].CS(=O)(=O)[O-].CS(=O)(=O)[O-].CS(=O)(=O)[O-].[Na+].[Na+].[Na+].[Na+].[Na+]. The first-order valence-electron chi connectivity index (χ1n) is 33.4. The number of carbonyl (C=O) groups is 11. The van der Waals surface area contributed by atoms with Gasteiger partial charge in [0.05, 0.1) is 62.8 Å². The normalized spacial score (nSPS) is 19.7. The molecule has 1 rings (SSSR count). The van der Waals surface area contributed by atoms with Gasteiger partial charge in [0.25, 0.3) is 0 Å². The fourth-order valence-electron chi connectivity index (χ4n) is 8.76. The third kappa shape index (κ3) is 80.8.